The van der Waals surface area contributed by atoms with E-state index in [1.165, 1.54) is 0 Å². The fraction of sp³-hybridized carbons (Fsp3) is 0.700. The van der Waals surface area contributed by atoms with Crippen molar-refractivity contribution >= 4 is 17.7 Å². The zero-order valence-electron chi connectivity index (χ0n) is 10.1. The van der Waals surface area contributed by atoms with Crippen molar-refractivity contribution in [1.82, 2.24) is 10.1 Å². The molecule has 0 amide bonds. The number of carbonyl (C=O) groups is 1. The molecule has 0 unspecified atom stereocenters. The average Bonchev–Trinajstić information content (AvgIpc) is 2.79. The van der Waals surface area contributed by atoms with Crippen LogP contribution in [0, 0.1) is 0 Å². The largest absolute Gasteiger partial charge is 0.481 e. The van der Waals surface area contributed by atoms with Crippen LogP contribution in [0.2, 0.25) is 0 Å². The van der Waals surface area contributed by atoms with Gasteiger partial charge in [0.1, 0.15) is 11.4 Å². The van der Waals surface area contributed by atoms with E-state index in [1.807, 2.05) is 13.8 Å². The van der Waals surface area contributed by atoms with Crippen molar-refractivity contribution in [2.75, 3.05) is 12.9 Å². The molecule has 1 aromatic heterocycles. The van der Waals surface area contributed by atoms with Gasteiger partial charge in [-0.25, -0.2) is 0 Å². The second-order valence-electron chi connectivity index (χ2n) is 3.47. The summed E-state index contributed by atoms with van der Waals surface area (Å²) in [7, 11) is 1.60. The lowest BCUT2D eigenvalue weighted by molar-refractivity contribution is -0.133. The molecule has 0 aromatic carbocycles. The number of rotatable bonds is 7. The second-order valence-corrected chi connectivity index (χ2v) is 4.40. The van der Waals surface area contributed by atoms with Crippen molar-refractivity contribution in [1.29, 1.82) is 0 Å². The molecule has 6 nitrogen and oxygen atoms in total. The maximum absolute atomic E-state index is 10.4. The van der Waals surface area contributed by atoms with Crippen LogP contribution in [-0.2, 0) is 15.1 Å². The van der Waals surface area contributed by atoms with Crippen LogP contribution < -0.4 is 0 Å². The molecule has 0 atom stereocenters. The Labute approximate surface area is 104 Å². The number of ether oxygens (including phenoxy) is 1. The Kier molecular flexibility index (Phi) is 4.95. The van der Waals surface area contributed by atoms with Gasteiger partial charge in [-0.05, 0) is 12.8 Å². The summed E-state index contributed by atoms with van der Waals surface area (Å²) in [4.78, 5) is 14.6. The van der Waals surface area contributed by atoms with Gasteiger partial charge in [-0.1, -0.05) is 30.8 Å². The summed E-state index contributed by atoms with van der Waals surface area (Å²) in [6, 6.07) is 0. The monoisotopic (exact) mass is 260 g/mol. The van der Waals surface area contributed by atoms with Gasteiger partial charge >= 0.3 is 5.97 Å². The number of carboxylic acids is 1. The van der Waals surface area contributed by atoms with Crippen LogP contribution >= 0.6 is 11.8 Å². The Bertz CT molecular complexity index is 368. The van der Waals surface area contributed by atoms with Crippen molar-refractivity contribution < 1.29 is 19.2 Å². The van der Waals surface area contributed by atoms with E-state index in [4.69, 9.17) is 14.4 Å². The van der Waals surface area contributed by atoms with Crippen LogP contribution in [0.4, 0.5) is 0 Å². The van der Waals surface area contributed by atoms with Crippen molar-refractivity contribution in [2.45, 2.75) is 37.5 Å². The molecule has 0 saturated carbocycles. The van der Waals surface area contributed by atoms with E-state index in [0.29, 0.717) is 5.82 Å². The van der Waals surface area contributed by atoms with Crippen LogP contribution in [0.25, 0.3) is 0 Å². The Balaban J connectivity index is 2.81. The summed E-state index contributed by atoms with van der Waals surface area (Å²) >= 11 is 1.00. The van der Waals surface area contributed by atoms with Crippen molar-refractivity contribution in [2.24, 2.45) is 0 Å². The van der Waals surface area contributed by atoms with Gasteiger partial charge in [-0.15, -0.1) is 0 Å². The lowest BCUT2D eigenvalue weighted by Gasteiger charge is -2.25. The first-order chi connectivity index (χ1) is 8.07. The highest BCUT2D eigenvalue weighted by Gasteiger charge is 2.33. The summed E-state index contributed by atoms with van der Waals surface area (Å²) in [6.45, 7) is 3.96. The number of hydrogen-bond acceptors (Lipinski definition) is 6. The topological polar surface area (TPSA) is 85.5 Å². The van der Waals surface area contributed by atoms with E-state index in [2.05, 4.69) is 10.1 Å². The Morgan fingerprint density at radius 3 is 2.65 bits per heavy atom. The van der Waals surface area contributed by atoms with Gasteiger partial charge in [0.15, 0.2) is 0 Å². The van der Waals surface area contributed by atoms with E-state index in [-0.39, 0.29) is 11.0 Å². The number of carboxylic acid groups (broad SMARTS) is 1. The zero-order chi connectivity index (χ0) is 12.9. The third-order valence-corrected chi connectivity index (χ3v) is 3.47. The number of methoxy groups -OCH3 is 1. The molecule has 0 spiro atoms. The lowest BCUT2D eigenvalue weighted by Crippen LogP contribution is -2.28. The average molecular weight is 260 g/mol. The summed E-state index contributed by atoms with van der Waals surface area (Å²) in [6.07, 6.45) is 1.45. The van der Waals surface area contributed by atoms with Crippen LogP contribution in [-0.4, -0.2) is 34.1 Å². The smallest absolute Gasteiger partial charge is 0.314 e. The molecule has 1 rings (SSSR count). The van der Waals surface area contributed by atoms with E-state index in [0.717, 1.165) is 24.6 Å². The van der Waals surface area contributed by atoms with E-state index in [9.17, 15) is 4.79 Å². The molecule has 1 heterocycles. The minimum absolute atomic E-state index is 0.0974. The second kappa shape index (κ2) is 6.02. The third-order valence-electron chi connectivity index (χ3n) is 2.67. The predicted octanol–water partition coefficient (Wildman–Crippen LogP) is 1.91. The molecular weight excluding hydrogens is 244 g/mol. The highest BCUT2D eigenvalue weighted by atomic mass is 32.2. The fourth-order valence-electron chi connectivity index (χ4n) is 1.52. The number of aromatic nitrogens is 2. The first-order valence-electron chi connectivity index (χ1n) is 5.32. The molecule has 0 radical (unpaired) electrons. The first kappa shape index (κ1) is 14.0. The Hall–Kier alpha value is -1.08. The predicted molar refractivity (Wildman–Crippen MR) is 61.9 cm³/mol. The number of aliphatic carboxylic acids is 1. The fourth-order valence-corrected chi connectivity index (χ4v) is 2.01. The van der Waals surface area contributed by atoms with Gasteiger partial charge < -0.3 is 14.4 Å². The van der Waals surface area contributed by atoms with Gasteiger partial charge in [-0.2, -0.15) is 4.98 Å². The van der Waals surface area contributed by atoms with E-state index >= 15 is 0 Å². The van der Waals surface area contributed by atoms with Gasteiger partial charge in [0.25, 0.3) is 5.22 Å². The molecule has 0 aliphatic heterocycles. The number of hydrogen-bond donors (Lipinski definition) is 1. The summed E-state index contributed by atoms with van der Waals surface area (Å²) < 4.78 is 10.4. The van der Waals surface area contributed by atoms with Gasteiger partial charge in [0.2, 0.25) is 5.82 Å². The Morgan fingerprint density at radius 1 is 1.53 bits per heavy atom. The molecule has 0 saturated heterocycles. The van der Waals surface area contributed by atoms with Gasteiger partial charge in [-0.3, -0.25) is 4.79 Å². The highest BCUT2D eigenvalue weighted by Crippen LogP contribution is 2.31. The summed E-state index contributed by atoms with van der Waals surface area (Å²) in [5, 5.41) is 12.7. The molecule has 7 heteroatoms. The maximum Gasteiger partial charge on any atom is 0.314 e. The lowest BCUT2D eigenvalue weighted by atomic mass is 9.96. The highest BCUT2D eigenvalue weighted by molar-refractivity contribution is 7.99. The van der Waals surface area contributed by atoms with Crippen molar-refractivity contribution in [3.8, 4) is 0 Å². The van der Waals surface area contributed by atoms with E-state index < -0.39 is 11.6 Å². The quantitative estimate of drug-likeness (QED) is 0.749. The molecule has 0 bridgehead atoms. The zero-order valence-corrected chi connectivity index (χ0v) is 10.9. The molecule has 1 N–H and O–H groups in total. The third kappa shape index (κ3) is 3.19. The molecule has 0 fully saturated rings. The molecule has 96 valence electrons. The minimum atomic E-state index is -0.918. The standard InChI is InChI=1S/C10H16N2O4S/c1-4-10(5-2,15-3)8-11-9(16-12-8)17-6-7(13)14/h4-6H2,1-3H3,(H,13,14). The van der Waals surface area contributed by atoms with Crippen molar-refractivity contribution in [3.05, 3.63) is 5.82 Å². The maximum atomic E-state index is 10.4. The summed E-state index contributed by atoms with van der Waals surface area (Å²) in [5.74, 6) is -0.545. The molecule has 17 heavy (non-hydrogen) atoms. The molecule has 0 aliphatic carbocycles. The Morgan fingerprint density at radius 2 is 2.18 bits per heavy atom. The van der Waals surface area contributed by atoms with E-state index in [1.54, 1.807) is 7.11 Å². The first-order valence-corrected chi connectivity index (χ1v) is 6.30. The molecule has 0 aliphatic rings. The van der Waals surface area contributed by atoms with Gasteiger partial charge in [0.05, 0.1) is 0 Å². The molecule has 1 aromatic rings. The van der Waals surface area contributed by atoms with Crippen molar-refractivity contribution in [3.63, 3.8) is 0 Å². The van der Waals surface area contributed by atoms with Crippen LogP contribution in [0.1, 0.15) is 32.5 Å². The molecular formula is C10H16N2O4S. The number of thioether (sulfide) groups is 1. The van der Waals surface area contributed by atoms with Crippen LogP contribution in [0.15, 0.2) is 9.75 Å². The van der Waals surface area contributed by atoms with Crippen LogP contribution in [0.3, 0.4) is 0 Å². The SMILES string of the molecule is CCC(CC)(OC)c1noc(SCC(=O)O)n1. The number of nitrogens with zero attached hydrogens (tertiary/aromatic N) is 2. The van der Waals surface area contributed by atoms with Gasteiger partial charge in [0, 0.05) is 7.11 Å². The van der Waals surface area contributed by atoms with Crippen LogP contribution in [0.5, 0.6) is 0 Å². The minimum Gasteiger partial charge on any atom is -0.481 e. The summed E-state index contributed by atoms with van der Waals surface area (Å²) in [5.41, 5.74) is -0.550. The normalized spacial score (nSPS) is 11.7.